The first kappa shape index (κ1) is 17.3. The summed E-state index contributed by atoms with van der Waals surface area (Å²) >= 11 is 3.41. The van der Waals surface area contributed by atoms with Crippen molar-refractivity contribution in [2.45, 2.75) is 19.6 Å². The van der Waals surface area contributed by atoms with E-state index in [1.165, 1.54) is 6.26 Å². The molecule has 2 aromatic carbocycles. The van der Waals surface area contributed by atoms with E-state index in [1.54, 1.807) is 6.07 Å². The Morgan fingerprint density at radius 3 is 2.56 bits per heavy atom. The van der Waals surface area contributed by atoms with Crippen molar-refractivity contribution in [3.05, 3.63) is 88.3 Å². The molecule has 0 aliphatic heterocycles. The number of para-hydroxylation sites is 1. The molecule has 3 rings (SSSR count). The average molecular weight is 400 g/mol. The third-order valence-corrected chi connectivity index (χ3v) is 4.34. The zero-order valence-electron chi connectivity index (χ0n) is 13.7. The Morgan fingerprint density at radius 1 is 1.12 bits per heavy atom. The van der Waals surface area contributed by atoms with E-state index < -0.39 is 0 Å². The highest BCUT2D eigenvalue weighted by Crippen LogP contribution is 2.19. The Balaban J connectivity index is 1.64. The van der Waals surface area contributed by atoms with Gasteiger partial charge < -0.3 is 14.5 Å². The van der Waals surface area contributed by atoms with Gasteiger partial charge in [-0.2, -0.15) is 0 Å². The third-order valence-electron chi connectivity index (χ3n) is 3.81. The van der Waals surface area contributed by atoms with Crippen molar-refractivity contribution < 1.29 is 13.9 Å². The molecule has 0 spiro atoms. The van der Waals surface area contributed by atoms with Crippen LogP contribution in [0.2, 0.25) is 0 Å². The van der Waals surface area contributed by atoms with E-state index in [9.17, 15) is 4.79 Å². The highest BCUT2D eigenvalue weighted by Gasteiger charge is 2.18. The van der Waals surface area contributed by atoms with Crippen LogP contribution in [0.4, 0.5) is 0 Å². The van der Waals surface area contributed by atoms with Crippen molar-refractivity contribution >= 4 is 21.8 Å². The van der Waals surface area contributed by atoms with Gasteiger partial charge in [-0.1, -0.05) is 46.3 Å². The largest absolute Gasteiger partial charge is 0.489 e. The van der Waals surface area contributed by atoms with Crippen LogP contribution in [0.25, 0.3) is 0 Å². The van der Waals surface area contributed by atoms with Gasteiger partial charge in [-0.3, -0.25) is 4.79 Å². The summed E-state index contributed by atoms with van der Waals surface area (Å²) in [6.45, 7) is 2.21. The second kappa shape index (κ2) is 8.03. The monoisotopic (exact) mass is 399 g/mol. The maximum absolute atomic E-state index is 12.5. The molecule has 5 heteroatoms. The molecular weight excluding hydrogens is 382 g/mol. The van der Waals surface area contributed by atoms with Crippen LogP contribution >= 0.6 is 15.9 Å². The second-order valence-electron chi connectivity index (χ2n) is 5.62. The summed E-state index contributed by atoms with van der Waals surface area (Å²) in [5, 5.41) is 2.95. The van der Waals surface area contributed by atoms with Crippen LogP contribution in [0.5, 0.6) is 5.75 Å². The molecule has 0 aliphatic carbocycles. The quantitative estimate of drug-likeness (QED) is 0.626. The van der Waals surface area contributed by atoms with E-state index in [1.807, 2.05) is 61.5 Å². The van der Waals surface area contributed by atoms with Gasteiger partial charge >= 0.3 is 0 Å². The molecule has 0 saturated heterocycles. The highest BCUT2D eigenvalue weighted by atomic mass is 79.9. The number of halogens is 1. The van der Waals surface area contributed by atoms with Gasteiger partial charge in [0, 0.05) is 10.0 Å². The molecule has 0 bridgehead atoms. The van der Waals surface area contributed by atoms with E-state index >= 15 is 0 Å². The lowest BCUT2D eigenvalue weighted by atomic mass is 10.1. The number of ether oxygens (including phenoxy) is 1. The Kier molecular flexibility index (Phi) is 5.56. The Hall–Kier alpha value is -2.53. The summed E-state index contributed by atoms with van der Waals surface area (Å²) in [5.74, 6) is 0.769. The molecule has 0 radical (unpaired) electrons. The third kappa shape index (κ3) is 4.51. The van der Waals surface area contributed by atoms with Crippen LogP contribution in [0.1, 0.15) is 34.6 Å². The van der Waals surface area contributed by atoms with Crippen LogP contribution in [0, 0.1) is 0 Å². The molecule has 3 aromatic rings. The van der Waals surface area contributed by atoms with Gasteiger partial charge in [0.25, 0.3) is 5.91 Å². The van der Waals surface area contributed by atoms with E-state index in [-0.39, 0.29) is 24.3 Å². The minimum atomic E-state index is -0.257. The van der Waals surface area contributed by atoms with Gasteiger partial charge in [-0.15, -0.1) is 0 Å². The smallest absolute Gasteiger partial charge is 0.287 e. The topological polar surface area (TPSA) is 51.5 Å². The van der Waals surface area contributed by atoms with Gasteiger partial charge in [0.05, 0.1) is 12.3 Å². The molecule has 4 nitrogen and oxygen atoms in total. The normalized spacial score (nSPS) is 11.8. The molecule has 25 heavy (non-hydrogen) atoms. The lowest BCUT2D eigenvalue weighted by molar-refractivity contribution is 0.0908. The number of rotatable bonds is 6. The van der Waals surface area contributed by atoms with E-state index in [0.29, 0.717) is 5.56 Å². The molecule has 1 unspecified atom stereocenters. The average Bonchev–Trinajstić information content (AvgIpc) is 3.10. The zero-order chi connectivity index (χ0) is 17.6. The lowest BCUT2D eigenvalue weighted by Crippen LogP contribution is -2.27. The SMILES string of the molecule is CC(NC(=O)c1occc1COc1ccccc1)c1ccc(Br)cc1. The summed E-state index contributed by atoms with van der Waals surface area (Å²) in [5.41, 5.74) is 1.73. The fourth-order valence-electron chi connectivity index (χ4n) is 2.42. The molecule has 1 atom stereocenters. The zero-order valence-corrected chi connectivity index (χ0v) is 15.3. The molecule has 0 saturated carbocycles. The second-order valence-corrected chi connectivity index (χ2v) is 6.54. The van der Waals surface area contributed by atoms with Crippen LogP contribution in [-0.4, -0.2) is 5.91 Å². The fraction of sp³-hybridized carbons (Fsp3) is 0.150. The Morgan fingerprint density at radius 2 is 1.84 bits per heavy atom. The van der Waals surface area contributed by atoms with E-state index in [0.717, 1.165) is 15.8 Å². The van der Waals surface area contributed by atoms with Crippen molar-refractivity contribution in [2.75, 3.05) is 0 Å². The number of carbonyl (C=O) groups excluding carboxylic acids is 1. The van der Waals surface area contributed by atoms with Crippen molar-refractivity contribution in [3.8, 4) is 5.75 Å². The van der Waals surface area contributed by atoms with Gasteiger partial charge in [0.2, 0.25) is 0 Å². The summed E-state index contributed by atoms with van der Waals surface area (Å²) in [4.78, 5) is 12.5. The van der Waals surface area contributed by atoms with Crippen LogP contribution in [-0.2, 0) is 6.61 Å². The summed E-state index contributed by atoms with van der Waals surface area (Å²) in [6.07, 6.45) is 1.50. The standard InChI is InChI=1S/C20H18BrNO3/c1-14(15-7-9-17(21)10-8-15)22-20(23)19-16(11-12-24-19)13-25-18-5-3-2-4-6-18/h2-12,14H,13H2,1H3,(H,22,23). The first-order valence-corrected chi connectivity index (χ1v) is 8.73. The van der Waals surface area contributed by atoms with Gasteiger partial charge in [-0.25, -0.2) is 0 Å². The Labute approximate surface area is 154 Å². The van der Waals surface area contributed by atoms with E-state index in [2.05, 4.69) is 21.2 Å². The number of furan rings is 1. The number of benzene rings is 2. The van der Waals surface area contributed by atoms with Gasteiger partial charge in [0.15, 0.2) is 5.76 Å². The summed E-state index contributed by atoms with van der Waals surface area (Å²) < 4.78 is 12.1. The lowest BCUT2D eigenvalue weighted by Gasteiger charge is -2.14. The van der Waals surface area contributed by atoms with Crippen molar-refractivity contribution in [1.29, 1.82) is 0 Å². The summed E-state index contributed by atoms with van der Waals surface area (Å²) in [7, 11) is 0. The minimum absolute atomic E-state index is 0.131. The first-order valence-electron chi connectivity index (χ1n) is 7.94. The van der Waals surface area contributed by atoms with Crippen LogP contribution < -0.4 is 10.1 Å². The van der Waals surface area contributed by atoms with Gasteiger partial charge in [-0.05, 0) is 42.8 Å². The first-order chi connectivity index (χ1) is 12.1. The molecule has 1 N–H and O–H groups in total. The van der Waals surface area contributed by atoms with E-state index in [4.69, 9.17) is 9.15 Å². The number of amides is 1. The predicted molar refractivity (Wildman–Crippen MR) is 99.5 cm³/mol. The molecule has 0 aliphatic rings. The minimum Gasteiger partial charge on any atom is -0.489 e. The van der Waals surface area contributed by atoms with Crippen molar-refractivity contribution in [2.24, 2.45) is 0 Å². The number of nitrogens with one attached hydrogen (secondary N) is 1. The summed E-state index contributed by atoms with van der Waals surface area (Å²) in [6, 6.07) is 18.9. The fourth-order valence-corrected chi connectivity index (χ4v) is 2.69. The maximum Gasteiger partial charge on any atom is 0.287 e. The molecule has 1 aromatic heterocycles. The maximum atomic E-state index is 12.5. The highest BCUT2D eigenvalue weighted by molar-refractivity contribution is 9.10. The molecular formula is C20H18BrNO3. The van der Waals surface area contributed by atoms with Crippen LogP contribution in [0.15, 0.2) is 75.8 Å². The Bertz CT molecular complexity index is 828. The molecule has 128 valence electrons. The van der Waals surface area contributed by atoms with Crippen molar-refractivity contribution in [3.63, 3.8) is 0 Å². The number of hydrogen-bond acceptors (Lipinski definition) is 3. The number of hydrogen-bond donors (Lipinski definition) is 1. The van der Waals surface area contributed by atoms with Crippen LogP contribution in [0.3, 0.4) is 0 Å². The number of carbonyl (C=O) groups is 1. The molecule has 1 amide bonds. The molecule has 1 heterocycles. The predicted octanol–water partition coefficient (Wildman–Crippen LogP) is 5.11. The van der Waals surface area contributed by atoms with Crippen molar-refractivity contribution in [1.82, 2.24) is 5.32 Å². The van der Waals surface area contributed by atoms with Gasteiger partial charge in [0.1, 0.15) is 12.4 Å². The molecule has 0 fully saturated rings.